The lowest BCUT2D eigenvalue weighted by atomic mass is 9.74. The van der Waals surface area contributed by atoms with Crippen molar-refractivity contribution < 1.29 is 0 Å². The van der Waals surface area contributed by atoms with Crippen LogP contribution in [0.25, 0.3) is 16.0 Å². The number of anilines is 2. The minimum atomic E-state index is -0.0450. The minimum Gasteiger partial charge on any atom is -0.314 e. The molecule has 1 nitrogen and oxygen atoms in total. The van der Waals surface area contributed by atoms with Crippen molar-refractivity contribution in [3.8, 4) is 10.4 Å². The molecule has 1 aromatic heterocycles. The number of hydrogen-bond acceptors (Lipinski definition) is 2. The molecule has 2 atom stereocenters. The number of thiophene rings is 1. The van der Waals surface area contributed by atoms with Crippen LogP contribution in [0.5, 0.6) is 0 Å². The van der Waals surface area contributed by atoms with Gasteiger partial charge in [-0.05, 0) is 131 Å². The second-order valence-electron chi connectivity index (χ2n) is 16.4. The molecular formula is C48H53NS. The van der Waals surface area contributed by atoms with Crippen LogP contribution < -0.4 is 4.90 Å². The normalized spacial score (nSPS) is 22.4. The van der Waals surface area contributed by atoms with Crippen molar-refractivity contribution in [3.05, 3.63) is 148 Å². The van der Waals surface area contributed by atoms with Gasteiger partial charge in [-0.2, -0.15) is 0 Å². The molecule has 4 aromatic rings. The molecule has 50 heavy (non-hydrogen) atoms. The van der Waals surface area contributed by atoms with Crippen LogP contribution in [0.4, 0.5) is 11.4 Å². The highest BCUT2D eigenvalue weighted by atomic mass is 32.1. The van der Waals surface area contributed by atoms with Crippen molar-refractivity contribution in [3.63, 3.8) is 0 Å². The Labute approximate surface area is 305 Å². The SMILES string of the molecule is CCCCCCc1ccsc1-c1ccc(N(C2=CC=C3c4ccccc4C(C)(C)C3C2)c2ccc3c(c2)C(C)(C)C2=CCCC=CC23C)cc1. The highest BCUT2D eigenvalue weighted by Crippen LogP contribution is 2.58. The number of rotatable bonds is 9. The molecule has 4 aliphatic rings. The quantitative estimate of drug-likeness (QED) is 0.126. The summed E-state index contributed by atoms with van der Waals surface area (Å²) in [5, 5.41) is 2.28. The van der Waals surface area contributed by atoms with Gasteiger partial charge in [0, 0.05) is 32.8 Å². The molecule has 256 valence electrons. The summed E-state index contributed by atoms with van der Waals surface area (Å²) in [4.78, 5) is 4.01. The monoisotopic (exact) mass is 675 g/mol. The van der Waals surface area contributed by atoms with Gasteiger partial charge in [0.15, 0.2) is 0 Å². The molecule has 3 aromatic carbocycles. The third-order valence-corrected chi connectivity index (χ3v) is 13.6. The summed E-state index contributed by atoms with van der Waals surface area (Å²) in [6.07, 6.45) is 21.9. The molecule has 2 unspecified atom stereocenters. The smallest absolute Gasteiger partial charge is 0.0461 e. The van der Waals surface area contributed by atoms with E-state index in [-0.39, 0.29) is 16.2 Å². The molecule has 0 N–H and O–H groups in total. The fraction of sp³-hybridized carbons (Fsp3) is 0.375. The zero-order valence-corrected chi connectivity index (χ0v) is 31.8. The van der Waals surface area contributed by atoms with Crippen molar-refractivity contribution in [2.45, 2.75) is 109 Å². The van der Waals surface area contributed by atoms with E-state index in [1.165, 1.54) is 93.0 Å². The van der Waals surface area contributed by atoms with Gasteiger partial charge in [-0.25, -0.2) is 0 Å². The van der Waals surface area contributed by atoms with Gasteiger partial charge in [0.05, 0.1) is 0 Å². The molecule has 0 saturated carbocycles. The number of hydrogen-bond donors (Lipinski definition) is 0. The molecule has 0 aliphatic heterocycles. The van der Waals surface area contributed by atoms with E-state index < -0.39 is 0 Å². The molecular weight excluding hydrogens is 623 g/mol. The van der Waals surface area contributed by atoms with E-state index in [4.69, 9.17) is 0 Å². The van der Waals surface area contributed by atoms with Crippen molar-refractivity contribution in [2.24, 2.45) is 5.92 Å². The molecule has 0 spiro atoms. The molecule has 4 aliphatic carbocycles. The Balaban J connectivity index is 1.21. The summed E-state index contributed by atoms with van der Waals surface area (Å²) < 4.78 is 0. The van der Waals surface area contributed by atoms with Gasteiger partial charge in [-0.15, -0.1) is 11.3 Å². The minimum absolute atomic E-state index is 0.0277. The van der Waals surface area contributed by atoms with Crippen molar-refractivity contribution >= 4 is 28.3 Å². The van der Waals surface area contributed by atoms with E-state index in [9.17, 15) is 0 Å². The number of benzene rings is 3. The molecule has 0 radical (unpaired) electrons. The molecule has 8 rings (SSSR count). The van der Waals surface area contributed by atoms with Crippen LogP contribution in [0.3, 0.4) is 0 Å². The Morgan fingerprint density at radius 3 is 2.40 bits per heavy atom. The average molecular weight is 676 g/mol. The van der Waals surface area contributed by atoms with Crippen LogP contribution in [0.15, 0.2) is 120 Å². The van der Waals surface area contributed by atoms with E-state index >= 15 is 0 Å². The van der Waals surface area contributed by atoms with Crippen LogP contribution in [0.2, 0.25) is 0 Å². The van der Waals surface area contributed by atoms with Crippen LogP contribution >= 0.6 is 11.3 Å². The van der Waals surface area contributed by atoms with Gasteiger partial charge in [-0.3, -0.25) is 0 Å². The van der Waals surface area contributed by atoms with E-state index in [0.29, 0.717) is 5.92 Å². The van der Waals surface area contributed by atoms with E-state index in [0.717, 1.165) is 19.3 Å². The van der Waals surface area contributed by atoms with Crippen molar-refractivity contribution in [1.82, 2.24) is 0 Å². The van der Waals surface area contributed by atoms with Crippen LogP contribution in [0.1, 0.15) is 114 Å². The number of nitrogens with zero attached hydrogens (tertiary/aromatic N) is 1. The predicted molar refractivity (Wildman–Crippen MR) is 217 cm³/mol. The van der Waals surface area contributed by atoms with Crippen LogP contribution in [-0.4, -0.2) is 0 Å². The molecule has 0 bridgehead atoms. The zero-order chi connectivity index (χ0) is 34.7. The second kappa shape index (κ2) is 12.7. The summed E-state index contributed by atoms with van der Waals surface area (Å²) in [7, 11) is 0. The first-order chi connectivity index (χ1) is 24.1. The maximum Gasteiger partial charge on any atom is 0.0461 e. The van der Waals surface area contributed by atoms with E-state index in [1.54, 1.807) is 5.57 Å². The molecule has 2 heteroatoms. The lowest BCUT2D eigenvalue weighted by molar-refractivity contribution is 0.406. The van der Waals surface area contributed by atoms with Crippen molar-refractivity contribution in [1.29, 1.82) is 0 Å². The molecule has 1 heterocycles. The summed E-state index contributed by atoms with van der Waals surface area (Å²) in [6.45, 7) is 14.5. The van der Waals surface area contributed by atoms with Gasteiger partial charge in [0.1, 0.15) is 0 Å². The molecule has 0 amide bonds. The van der Waals surface area contributed by atoms with Gasteiger partial charge < -0.3 is 4.90 Å². The Morgan fingerprint density at radius 2 is 1.58 bits per heavy atom. The van der Waals surface area contributed by atoms with Crippen LogP contribution in [-0.2, 0) is 22.7 Å². The van der Waals surface area contributed by atoms with Gasteiger partial charge in [-0.1, -0.05) is 126 Å². The largest absolute Gasteiger partial charge is 0.314 e. The van der Waals surface area contributed by atoms with Gasteiger partial charge in [0.25, 0.3) is 0 Å². The first-order valence-electron chi connectivity index (χ1n) is 19.2. The number of allylic oxidation sites excluding steroid dienone is 8. The van der Waals surface area contributed by atoms with Gasteiger partial charge in [0.2, 0.25) is 0 Å². The predicted octanol–water partition coefficient (Wildman–Crippen LogP) is 13.8. The standard InChI is InChI=1S/C48H53NS/c1-7-8-9-11-16-33-28-30-50-45(33)34-20-22-35(23-21-34)49(36-24-26-39-38-17-13-14-18-40(38)46(2,3)42(39)31-36)37-25-27-41-43(32-37)47(4,5)44-19-12-10-15-29-48(41,44)6/h13-15,17-30,32,42H,7-12,16,31H2,1-6H3. The summed E-state index contributed by atoms with van der Waals surface area (Å²) in [5.41, 5.74) is 15.6. The van der Waals surface area contributed by atoms with E-state index in [1.807, 2.05) is 11.3 Å². The lowest BCUT2D eigenvalue weighted by Crippen LogP contribution is -2.29. The van der Waals surface area contributed by atoms with Crippen molar-refractivity contribution in [2.75, 3.05) is 4.90 Å². The highest BCUT2D eigenvalue weighted by Gasteiger charge is 2.49. The Hall–Kier alpha value is -3.88. The summed E-state index contributed by atoms with van der Waals surface area (Å²) in [5.74, 6) is 0.440. The number of fused-ring (bicyclic) bond motifs is 6. The maximum atomic E-state index is 2.58. The first-order valence-corrected chi connectivity index (χ1v) is 20.0. The third-order valence-electron chi connectivity index (χ3n) is 12.6. The zero-order valence-electron chi connectivity index (χ0n) is 31.0. The topological polar surface area (TPSA) is 3.24 Å². The molecule has 0 fully saturated rings. The Kier molecular flexibility index (Phi) is 8.46. The van der Waals surface area contributed by atoms with Gasteiger partial charge >= 0.3 is 0 Å². The second-order valence-corrected chi connectivity index (χ2v) is 17.3. The summed E-state index contributed by atoms with van der Waals surface area (Å²) >= 11 is 1.89. The number of aryl methyl sites for hydroxylation is 1. The number of unbranched alkanes of at least 4 members (excludes halogenated alkanes) is 3. The average Bonchev–Trinajstić information content (AvgIpc) is 3.66. The third kappa shape index (κ3) is 5.32. The Bertz CT molecular complexity index is 2040. The Morgan fingerprint density at radius 1 is 0.780 bits per heavy atom. The maximum absolute atomic E-state index is 2.58. The molecule has 0 saturated heterocycles. The van der Waals surface area contributed by atoms with Crippen LogP contribution in [0, 0.1) is 5.92 Å². The highest BCUT2D eigenvalue weighted by molar-refractivity contribution is 7.13. The fourth-order valence-corrected chi connectivity index (χ4v) is 10.9. The fourth-order valence-electron chi connectivity index (χ4n) is 9.90. The first kappa shape index (κ1) is 33.3. The van der Waals surface area contributed by atoms with E-state index in [2.05, 4.69) is 155 Å². The summed E-state index contributed by atoms with van der Waals surface area (Å²) in [6, 6.07) is 28.3. The lowest BCUT2D eigenvalue weighted by Gasteiger charge is -2.36.